The standard InChI is InChI=1S/C15H22ClN3/c1-3-13-17-14(16)10(2)15(18-13)19-9-8-11-6-4-5-7-12(11)19/h11-12H,3-9H2,1-2H3. The van der Waals surface area contributed by atoms with E-state index in [1.54, 1.807) is 0 Å². The Bertz CT molecular complexity index is 475. The van der Waals surface area contributed by atoms with Crippen molar-refractivity contribution >= 4 is 17.4 Å². The molecule has 19 heavy (non-hydrogen) atoms. The first kappa shape index (κ1) is 13.2. The van der Waals surface area contributed by atoms with Crippen molar-refractivity contribution in [3.8, 4) is 0 Å². The molecule has 104 valence electrons. The summed E-state index contributed by atoms with van der Waals surface area (Å²) in [4.78, 5) is 11.6. The fraction of sp³-hybridized carbons (Fsp3) is 0.733. The molecular weight excluding hydrogens is 258 g/mol. The monoisotopic (exact) mass is 279 g/mol. The van der Waals surface area contributed by atoms with Gasteiger partial charge in [-0.05, 0) is 32.1 Å². The van der Waals surface area contributed by atoms with Gasteiger partial charge >= 0.3 is 0 Å². The molecule has 3 rings (SSSR count). The number of anilines is 1. The largest absolute Gasteiger partial charge is 0.353 e. The summed E-state index contributed by atoms with van der Waals surface area (Å²) in [5, 5.41) is 0.626. The molecule has 0 amide bonds. The SMILES string of the molecule is CCc1nc(Cl)c(C)c(N2CCC3CCCCC32)n1. The van der Waals surface area contributed by atoms with E-state index in [0.29, 0.717) is 11.2 Å². The van der Waals surface area contributed by atoms with Crippen molar-refractivity contribution in [1.82, 2.24) is 9.97 Å². The molecule has 1 aromatic heterocycles. The van der Waals surface area contributed by atoms with E-state index in [2.05, 4.69) is 16.8 Å². The van der Waals surface area contributed by atoms with Gasteiger partial charge in [0.25, 0.3) is 0 Å². The van der Waals surface area contributed by atoms with Gasteiger partial charge in [-0.25, -0.2) is 9.97 Å². The van der Waals surface area contributed by atoms with Crippen molar-refractivity contribution in [2.75, 3.05) is 11.4 Å². The molecule has 2 aliphatic rings. The average Bonchev–Trinajstić information content (AvgIpc) is 2.85. The number of aromatic nitrogens is 2. The van der Waals surface area contributed by atoms with E-state index in [-0.39, 0.29) is 0 Å². The molecule has 2 fully saturated rings. The van der Waals surface area contributed by atoms with Crippen LogP contribution in [0.1, 0.15) is 50.4 Å². The molecule has 0 spiro atoms. The van der Waals surface area contributed by atoms with Gasteiger partial charge in [0, 0.05) is 24.6 Å². The van der Waals surface area contributed by atoms with Gasteiger partial charge in [-0.3, -0.25) is 0 Å². The van der Waals surface area contributed by atoms with Crippen molar-refractivity contribution in [2.24, 2.45) is 5.92 Å². The van der Waals surface area contributed by atoms with Crippen molar-refractivity contribution in [3.05, 3.63) is 16.5 Å². The van der Waals surface area contributed by atoms with Crippen molar-refractivity contribution in [3.63, 3.8) is 0 Å². The minimum atomic E-state index is 0.626. The molecule has 1 aliphatic heterocycles. The Balaban J connectivity index is 1.95. The number of fused-ring (bicyclic) bond motifs is 1. The fourth-order valence-electron chi connectivity index (χ4n) is 3.63. The van der Waals surface area contributed by atoms with Crippen LogP contribution in [0.4, 0.5) is 5.82 Å². The number of rotatable bonds is 2. The zero-order valence-corrected chi connectivity index (χ0v) is 12.6. The molecule has 4 heteroatoms. The van der Waals surface area contributed by atoms with E-state index >= 15 is 0 Å². The molecule has 0 aromatic carbocycles. The highest BCUT2D eigenvalue weighted by atomic mass is 35.5. The lowest BCUT2D eigenvalue weighted by molar-refractivity contribution is 0.341. The quantitative estimate of drug-likeness (QED) is 0.772. The van der Waals surface area contributed by atoms with E-state index in [9.17, 15) is 0 Å². The van der Waals surface area contributed by atoms with Crippen molar-refractivity contribution in [2.45, 2.75) is 58.4 Å². The Morgan fingerprint density at radius 1 is 1.21 bits per heavy atom. The molecule has 2 heterocycles. The maximum atomic E-state index is 6.27. The molecule has 0 radical (unpaired) electrons. The summed E-state index contributed by atoms with van der Waals surface area (Å²) in [5.41, 5.74) is 1.05. The summed E-state index contributed by atoms with van der Waals surface area (Å²) in [6, 6.07) is 0.683. The number of hydrogen-bond acceptors (Lipinski definition) is 3. The normalized spacial score (nSPS) is 26.6. The van der Waals surface area contributed by atoms with Gasteiger partial charge in [0.2, 0.25) is 0 Å². The van der Waals surface area contributed by atoms with Gasteiger partial charge in [0.1, 0.15) is 16.8 Å². The lowest BCUT2D eigenvalue weighted by Crippen LogP contribution is -2.36. The van der Waals surface area contributed by atoms with E-state index in [1.165, 1.54) is 32.1 Å². The first-order valence-corrected chi connectivity index (χ1v) is 7.88. The number of nitrogens with zero attached hydrogens (tertiary/aromatic N) is 3. The van der Waals surface area contributed by atoms with Crippen molar-refractivity contribution in [1.29, 1.82) is 0 Å². The zero-order valence-electron chi connectivity index (χ0n) is 11.8. The summed E-state index contributed by atoms with van der Waals surface area (Å²) in [5.74, 6) is 2.82. The molecule has 1 saturated heterocycles. The molecule has 1 saturated carbocycles. The molecule has 3 nitrogen and oxygen atoms in total. The van der Waals surface area contributed by atoms with Crippen LogP contribution in [0.15, 0.2) is 0 Å². The number of aryl methyl sites for hydroxylation is 1. The van der Waals surface area contributed by atoms with Gasteiger partial charge in [-0.15, -0.1) is 0 Å². The van der Waals surface area contributed by atoms with Crippen LogP contribution < -0.4 is 4.90 Å². The summed E-state index contributed by atoms with van der Waals surface area (Å²) >= 11 is 6.27. The maximum absolute atomic E-state index is 6.27. The molecular formula is C15H22ClN3. The van der Waals surface area contributed by atoms with E-state index < -0.39 is 0 Å². The van der Waals surface area contributed by atoms with Crippen LogP contribution >= 0.6 is 11.6 Å². The van der Waals surface area contributed by atoms with Gasteiger partial charge in [-0.2, -0.15) is 0 Å². The highest BCUT2D eigenvalue weighted by Gasteiger charge is 2.37. The first-order valence-electron chi connectivity index (χ1n) is 7.50. The van der Waals surface area contributed by atoms with Gasteiger partial charge in [-0.1, -0.05) is 31.4 Å². The molecule has 0 N–H and O–H groups in total. The second-order valence-electron chi connectivity index (χ2n) is 5.83. The smallest absolute Gasteiger partial charge is 0.137 e. The minimum Gasteiger partial charge on any atom is -0.353 e. The van der Waals surface area contributed by atoms with Gasteiger partial charge in [0.05, 0.1) is 0 Å². The predicted octanol–water partition coefficient (Wildman–Crippen LogP) is 3.77. The van der Waals surface area contributed by atoms with E-state index in [4.69, 9.17) is 16.6 Å². The van der Waals surface area contributed by atoms with Crippen LogP contribution in [-0.4, -0.2) is 22.6 Å². The molecule has 1 aliphatic carbocycles. The molecule has 2 atom stereocenters. The summed E-state index contributed by atoms with van der Waals surface area (Å²) < 4.78 is 0. The molecule has 1 aromatic rings. The van der Waals surface area contributed by atoms with Crippen LogP contribution in [0.25, 0.3) is 0 Å². The third-order valence-corrected chi connectivity index (χ3v) is 5.07. The minimum absolute atomic E-state index is 0.626. The lowest BCUT2D eigenvalue weighted by Gasteiger charge is -2.33. The van der Waals surface area contributed by atoms with E-state index in [0.717, 1.165) is 36.1 Å². The van der Waals surface area contributed by atoms with Crippen LogP contribution in [0, 0.1) is 12.8 Å². The second-order valence-corrected chi connectivity index (χ2v) is 6.18. The Kier molecular flexibility index (Phi) is 3.66. The van der Waals surface area contributed by atoms with Gasteiger partial charge < -0.3 is 4.90 Å². The zero-order chi connectivity index (χ0) is 13.4. The predicted molar refractivity (Wildman–Crippen MR) is 78.9 cm³/mol. The molecule has 2 unspecified atom stereocenters. The third kappa shape index (κ3) is 2.33. The summed E-state index contributed by atoms with van der Waals surface area (Å²) in [6.45, 7) is 5.26. The molecule has 0 bridgehead atoms. The Labute approximate surface area is 120 Å². The Morgan fingerprint density at radius 3 is 2.79 bits per heavy atom. The third-order valence-electron chi connectivity index (χ3n) is 4.71. The number of halogens is 1. The lowest BCUT2D eigenvalue weighted by atomic mass is 9.85. The van der Waals surface area contributed by atoms with Crippen LogP contribution in [0.5, 0.6) is 0 Å². The van der Waals surface area contributed by atoms with E-state index in [1.807, 2.05) is 6.92 Å². The maximum Gasteiger partial charge on any atom is 0.137 e. The summed E-state index contributed by atoms with van der Waals surface area (Å²) in [6.07, 6.45) is 7.61. The van der Waals surface area contributed by atoms with Crippen molar-refractivity contribution < 1.29 is 0 Å². The van der Waals surface area contributed by atoms with Crippen LogP contribution in [-0.2, 0) is 6.42 Å². The topological polar surface area (TPSA) is 29.0 Å². The average molecular weight is 280 g/mol. The Hall–Kier alpha value is -0.830. The van der Waals surface area contributed by atoms with Gasteiger partial charge in [0.15, 0.2) is 0 Å². The Morgan fingerprint density at radius 2 is 2.00 bits per heavy atom. The van der Waals surface area contributed by atoms with Crippen LogP contribution in [0.2, 0.25) is 5.15 Å². The fourth-order valence-corrected chi connectivity index (χ4v) is 3.81. The highest BCUT2D eigenvalue weighted by molar-refractivity contribution is 6.30. The number of hydrogen-bond donors (Lipinski definition) is 0. The second kappa shape index (κ2) is 5.28. The highest BCUT2D eigenvalue weighted by Crippen LogP contribution is 2.39. The first-order chi connectivity index (χ1) is 9.20. The summed E-state index contributed by atoms with van der Waals surface area (Å²) in [7, 11) is 0. The van der Waals surface area contributed by atoms with Crippen LogP contribution in [0.3, 0.4) is 0 Å².